The van der Waals surface area contributed by atoms with E-state index in [9.17, 15) is 0 Å². The fourth-order valence-corrected chi connectivity index (χ4v) is 6.52. The van der Waals surface area contributed by atoms with Gasteiger partial charge in [-0.05, 0) is 47.5 Å². The molecule has 9 aromatic rings. The third kappa shape index (κ3) is 4.21. The molecule has 0 aliphatic heterocycles. The minimum atomic E-state index is 0.637. The Labute approximate surface area is 265 Å². The standard InChI is InChI=1S/C41H27N5/c1-5-14-28(15-6-1)35-26-31-23-24-32-27-36(29-16-7-2-8-17-29)46(38(32)37(31)45(35)33-20-11-4-12-21-33)41-34-22-13-25-42-40(34)43-39(44-41)30-18-9-3-10-19-30/h1-27H. The van der Waals surface area contributed by atoms with Crippen molar-refractivity contribution in [2.24, 2.45) is 0 Å². The maximum atomic E-state index is 5.33. The van der Waals surface area contributed by atoms with Crippen molar-refractivity contribution in [3.8, 4) is 45.4 Å². The second-order valence-corrected chi connectivity index (χ2v) is 11.4. The highest BCUT2D eigenvalue weighted by molar-refractivity contribution is 6.10. The summed E-state index contributed by atoms with van der Waals surface area (Å²) < 4.78 is 4.71. The molecular weight excluding hydrogens is 562 g/mol. The molecule has 46 heavy (non-hydrogen) atoms. The first-order valence-electron chi connectivity index (χ1n) is 15.4. The molecule has 4 aromatic heterocycles. The lowest BCUT2D eigenvalue weighted by Crippen LogP contribution is -2.06. The van der Waals surface area contributed by atoms with Crippen molar-refractivity contribution in [3.05, 3.63) is 164 Å². The molecule has 216 valence electrons. The Balaban J connectivity index is 1.48. The highest BCUT2D eigenvalue weighted by Gasteiger charge is 2.23. The minimum absolute atomic E-state index is 0.637. The van der Waals surface area contributed by atoms with Crippen LogP contribution in [0, 0.1) is 0 Å². The Kier molecular flexibility index (Phi) is 6.06. The van der Waals surface area contributed by atoms with E-state index in [1.165, 1.54) is 0 Å². The van der Waals surface area contributed by atoms with E-state index in [4.69, 9.17) is 15.0 Å². The van der Waals surface area contributed by atoms with Crippen molar-refractivity contribution in [2.45, 2.75) is 0 Å². The van der Waals surface area contributed by atoms with Crippen molar-refractivity contribution < 1.29 is 0 Å². The number of hydrogen-bond donors (Lipinski definition) is 0. The van der Waals surface area contributed by atoms with Gasteiger partial charge in [0.25, 0.3) is 0 Å². The summed E-state index contributed by atoms with van der Waals surface area (Å²) in [4.78, 5) is 15.0. The zero-order valence-electron chi connectivity index (χ0n) is 24.8. The molecule has 5 nitrogen and oxygen atoms in total. The zero-order valence-corrected chi connectivity index (χ0v) is 24.8. The van der Waals surface area contributed by atoms with Gasteiger partial charge in [-0.3, -0.25) is 4.57 Å². The summed E-state index contributed by atoms with van der Waals surface area (Å²) in [5.74, 6) is 1.43. The maximum Gasteiger partial charge on any atom is 0.165 e. The molecule has 9 rings (SSSR count). The van der Waals surface area contributed by atoms with E-state index >= 15 is 0 Å². The number of rotatable bonds is 5. The Bertz CT molecular complexity index is 2500. The Morgan fingerprint density at radius 2 is 0.957 bits per heavy atom. The van der Waals surface area contributed by atoms with Gasteiger partial charge in [-0.15, -0.1) is 0 Å². The molecule has 0 aliphatic rings. The van der Waals surface area contributed by atoms with Crippen LogP contribution >= 0.6 is 0 Å². The number of para-hydroxylation sites is 1. The SMILES string of the molecule is c1ccc(-c2nc(-n3c(-c4ccccc4)cc4ccc5cc(-c6ccccc6)n(-c6ccccc6)c5c43)c3cccnc3n2)cc1. The molecule has 0 unspecified atom stereocenters. The van der Waals surface area contributed by atoms with E-state index in [-0.39, 0.29) is 0 Å². The minimum Gasteiger partial charge on any atom is -0.307 e. The van der Waals surface area contributed by atoms with Crippen LogP contribution in [-0.4, -0.2) is 24.1 Å². The predicted molar refractivity (Wildman–Crippen MR) is 187 cm³/mol. The second kappa shape index (κ2) is 10.7. The highest BCUT2D eigenvalue weighted by Crippen LogP contribution is 2.41. The van der Waals surface area contributed by atoms with Gasteiger partial charge < -0.3 is 4.57 Å². The topological polar surface area (TPSA) is 48.5 Å². The lowest BCUT2D eigenvalue weighted by molar-refractivity contribution is 1.04. The van der Waals surface area contributed by atoms with Crippen molar-refractivity contribution in [1.29, 1.82) is 0 Å². The molecule has 0 bridgehead atoms. The first-order valence-corrected chi connectivity index (χ1v) is 15.4. The van der Waals surface area contributed by atoms with Crippen LogP contribution in [0.25, 0.3) is 78.2 Å². The van der Waals surface area contributed by atoms with Gasteiger partial charge in [0, 0.05) is 28.2 Å². The lowest BCUT2D eigenvalue weighted by atomic mass is 10.1. The second-order valence-electron chi connectivity index (χ2n) is 11.4. The van der Waals surface area contributed by atoms with Crippen LogP contribution in [0.3, 0.4) is 0 Å². The van der Waals surface area contributed by atoms with Crippen molar-refractivity contribution in [3.63, 3.8) is 0 Å². The number of hydrogen-bond acceptors (Lipinski definition) is 3. The average molecular weight is 590 g/mol. The van der Waals surface area contributed by atoms with Crippen LogP contribution in [0.5, 0.6) is 0 Å². The van der Waals surface area contributed by atoms with Crippen LogP contribution in [0.4, 0.5) is 0 Å². The Morgan fingerprint density at radius 1 is 0.435 bits per heavy atom. The molecule has 0 aliphatic carbocycles. The summed E-state index contributed by atoms with van der Waals surface area (Å²) in [6.45, 7) is 0. The van der Waals surface area contributed by atoms with E-state index in [2.05, 4.69) is 130 Å². The third-order valence-electron chi connectivity index (χ3n) is 8.58. The summed E-state index contributed by atoms with van der Waals surface area (Å²) >= 11 is 0. The molecule has 0 saturated heterocycles. The van der Waals surface area contributed by atoms with Gasteiger partial charge >= 0.3 is 0 Å². The van der Waals surface area contributed by atoms with Crippen LogP contribution in [0.1, 0.15) is 0 Å². The third-order valence-corrected chi connectivity index (χ3v) is 8.58. The summed E-state index contributed by atoms with van der Waals surface area (Å²) in [6.07, 6.45) is 1.80. The number of fused-ring (bicyclic) bond motifs is 4. The zero-order chi connectivity index (χ0) is 30.5. The fraction of sp³-hybridized carbons (Fsp3) is 0. The number of benzene rings is 5. The Hall–Kier alpha value is -6.33. The normalized spacial score (nSPS) is 11.5. The van der Waals surface area contributed by atoms with Crippen LogP contribution in [0.15, 0.2) is 164 Å². The van der Waals surface area contributed by atoms with Gasteiger partial charge in [0.05, 0.1) is 27.8 Å². The largest absolute Gasteiger partial charge is 0.307 e. The number of nitrogens with zero attached hydrogens (tertiary/aromatic N) is 5. The molecule has 5 aromatic carbocycles. The summed E-state index contributed by atoms with van der Waals surface area (Å²) in [5, 5.41) is 3.15. The summed E-state index contributed by atoms with van der Waals surface area (Å²) in [7, 11) is 0. The van der Waals surface area contributed by atoms with Crippen molar-refractivity contribution in [2.75, 3.05) is 0 Å². The van der Waals surface area contributed by atoms with Gasteiger partial charge in [0.1, 0.15) is 0 Å². The first kappa shape index (κ1) is 26.1. The molecular formula is C41H27N5. The van der Waals surface area contributed by atoms with Crippen molar-refractivity contribution >= 4 is 32.8 Å². The molecule has 0 radical (unpaired) electrons. The van der Waals surface area contributed by atoms with Gasteiger partial charge in [0.2, 0.25) is 0 Å². The molecule has 0 saturated carbocycles. The van der Waals surface area contributed by atoms with E-state index in [1.807, 2.05) is 36.4 Å². The van der Waals surface area contributed by atoms with Gasteiger partial charge in [-0.25, -0.2) is 15.0 Å². The summed E-state index contributed by atoms with van der Waals surface area (Å²) in [6, 6.07) is 55.0. The Morgan fingerprint density at radius 3 is 1.57 bits per heavy atom. The molecule has 5 heteroatoms. The molecule has 0 amide bonds. The smallest absolute Gasteiger partial charge is 0.165 e. The van der Waals surface area contributed by atoms with Gasteiger partial charge in [0.15, 0.2) is 17.3 Å². The van der Waals surface area contributed by atoms with E-state index < -0.39 is 0 Å². The quantitative estimate of drug-likeness (QED) is 0.201. The molecule has 0 fully saturated rings. The first-order chi connectivity index (χ1) is 22.8. The van der Waals surface area contributed by atoms with Crippen LogP contribution < -0.4 is 0 Å². The van der Waals surface area contributed by atoms with Crippen LogP contribution in [0.2, 0.25) is 0 Å². The van der Waals surface area contributed by atoms with Gasteiger partial charge in [-0.1, -0.05) is 121 Å². The molecule has 0 spiro atoms. The highest BCUT2D eigenvalue weighted by atomic mass is 15.1. The van der Waals surface area contributed by atoms with Gasteiger partial charge in [-0.2, -0.15) is 0 Å². The van der Waals surface area contributed by atoms with E-state index in [1.54, 1.807) is 6.20 Å². The lowest BCUT2D eigenvalue weighted by Gasteiger charge is -2.17. The average Bonchev–Trinajstić information content (AvgIpc) is 3.72. The van der Waals surface area contributed by atoms with E-state index in [0.717, 1.165) is 66.8 Å². The fourth-order valence-electron chi connectivity index (χ4n) is 6.52. The number of aromatic nitrogens is 5. The number of pyridine rings is 1. The molecule has 0 N–H and O–H groups in total. The maximum absolute atomic E-state index is 5.33. The predicted octanol–water partition coefficient (Wildman–Crippen LogP) is 9.91. The molecule has 4 heterocycles. The van der Waals surface area contributed by atoms with Crippen molar-refractivity contribution in [1.82, 2.24) is 24.1 Å². The summed E-state index contributed by atoms with van der Waals surface area (Å²) in [5.41, 5.74) is 9.31. The van der Waals surface area contributed by atoms with E-state index in [0.29, 0.717) is 11.5 Å². The van der Waals surface area contributed by atoms with Crippen LogP contribution in [-0.2, 0) is 0 Å². The monoisotopic (exact) mass is 589 g/mol. The molecule has 0 atom stereocenters.